The second-order valence-corrected chi connectivity index (χ2v) is 3.46. The van der Waals surface area contributed by atoms with E-state index >= 15 is 0 Å². The van der Waals surface area contributed by atoms with Gasteiger partial charge < -0.3 is 5.21 Å². The number of nitrogens with zero attached hydrogens (tertiary/aromatic N) is 5. The molecule has 0 unspecified atom stereocenters. The fourth-order valence-corrected chi connectivity index (χ4v) is 1.53. The van der Waals surface area contributed by atoms with E-state index in [1.54, 1.807) is 29.2 Å². The third-order valence-corrected chi connectivity index (χ3v) is 2.10. The van der Waals surface area contributed by atoms with Crippen molar-refractivity contribution in [3.63, 3.8) is 0 Å². The lowest BCUT2D eigenvalue weighted by atomic mass is 10.4. The minimum absolute atomic E-state index is 0.636. The highest BCUT2D eigenvalue weighted by Gasteiger charge is 2.06. The largest absolute Gasteiger partial charge is 0.411 e. The highest BCUT2D eigenvalue weighted by molar-refractivity contribution is 9.10. The van der Waals surface area contributed by atoms with E-state index in [9.17, 15) is 0 Å². The molecule has 0 aromatic carbocycles. The van der Waals surface area contributed by atoms with Crippen molar-refractivity contribution in [1.82, 2.24) is 20.0 Å². The summed E-state index contributed by atoms with van der Waals surface area (Å²) < 4.78 is 2.23. The first-order valence-corrected chi connectivity index (χ1v) is 4.80. The Morgan fingerprint density at radius 3 is 3.00 bits per heavy atom. The van der Waals surface area contributed by atoms with Gasteiger partial charge >= 0.3 is 0 Å². The van der Waals surface area contributed by atoms with Crippen LogP contribution in [0.4, 0.5) is 0 Å². The number of hydrogen-bond acceptors (Lipinski definition) is 5. The van der Waals surface area contributed by atoms with E-state index in [1.165, 1.54) is 6.21 Å². The maximum atomic E-state index is 8.49. The van der Waals surface area contributed by atoms with Crippen LogP contribution in [-0.4, -0.2) is 31.4 Å². The lowest BCUT2D eigenvalue weighted by Gasteiger charge is -2.01. The van der Waals surface area contributed by atoms with Crippen molar-refractivity contribution in [2.45, 2.75) is 0 Å². The van der Waals surface area contributed by atoms with Gasteiger partial charge in [-0.25, -0.2) is 4.68 Å². The Hall–Kier alpha value is -1.76. The summed E-state index contributed by atoms with van der Waals surface area (Å²) in [6, 6.07) is 3.47. The zero-order valence-electron chi connectivity index (χ0n) is 7.45. The molecule has 0 aliphatic rings. The minimum Gasteiger partial charge on any atom is -0.411 e. The molecule has 2 aromatic rings. The average Bonchev–Trinajstić information content (AvgIpc) is 2.62. The Balaban J connectivity index is 2.52. The standard InChI is InChI=1S/C8H6BrN5O/c9-8-3-7(5-12-15)14(13-8)6-1-2-10-11-4-6/h1-5,15H/b12-5+. The molecular formula is C8H6BrN5O. The molecule has 0 aliphatic heterocycles. The summed E-state index contributed by atoms with van der Waals surface area (Å²) in [6.07, 6.45) is 4.41. The van der Waals surface area contributed by atoms with Gasteiger partial charge in [0.25, 0.3) is 0 Å². The van der Waals surface area contributed by atoms with Crippen LogP contribution in [0.3, 0.4) is 0 Å². The predicted molar refractivity (Wildman–Crippen MR) is 56.2 cm³/mol. The number of rotatable bonds is 2. The predicted octanol–water partition coefficient (Wildman–Crippen LogP) is 1.23. The van der Waals surface area contributed by atoms with E-state index in [1.807, 2.05) is 0 Å². The third-order valence-electron chi connectivity index (χ3n) is 1.71. The van der Waals surface area contributed by atoms with Gasteiger partial charge in [0.2, 0.25) is 0 Å². The van der Waals surface area contributed by atoms with Crippen molar-refractivity contribution in [3.05, 3.63) is 34.8 Å². The van der Waals surface area contributed by atoms with Crippen LogP contribution in [-0.2, 0) is 0 Å². The Kier molecular flexibility index (Phi) is 2.72. The topological polar surface area (TPSA) is 76.2 Å². The van der Waals surface area contributed by atoms with E-state index in [0.717, 1.165) is 5.69 Å². The van der Waals surface area contributed by atoms with Gasteiger partial charge in [-0.3, -0.25) is 0 Å². The summed E-state index contributed by atoms with van der Waals surface area (Å²) in [5, 5.41) is 23.0. The summed E-state index contributed by atoms with van der Waals surface area (Å²) in [5.41, 5.74) is 1.38. The molecule has 0 saturated heterocycles. The number of hydrogen-bond donors (Lipinski definition) is 1. The Bertz CT molecular complexity index is 481. The maximum absolute atomic E-state index is 8.49. The van der Waals surface area contributed by atoms with Crippen LogP contribution in [0.1, 0.15) is 5.69 Å². The Morgan fingerprint density at radius 1 is 1.47 bits per heavy atom. The number of oxime groups is 1. The molecule has 0 fully saturated rings. The van der Waals surface area contributed by atoms with Gasteiger partial charge in [0.05, 0.1) is 30.0 Å². The van der Waals surface area contributed by atoms with Crippen molar-refractivity contribution in [2.24, 2.45) is 5.16 Å². The average molecular weight is 268 g/mol. The first kappa shape index (κ1) is 9.78. The van der Waals surface area contributed by atoms with Crippen molar-refractivity contribution in [1.29, 1.82) is 0 Å². The maximum Gasteiger partial charge on any atom is 0.129 e. The van der Waals surface area contributed by atoms with E-state index < -0.39 is 0 Å². The fourth-order valence-electron chi connectivity index (χ4n) is 1.13. The smallest absolute Gasteiger partial charge is 0.129 e. The van der Waals surface area contributed by atoms with Gasteiger partial charge in [-0.15, -0.1) is 0 Å². The summed E-state index contributed by atoms with van der Waals surface area (Å²) in [6.45, 7) is 0. The lowest BCUT2D eigenvalue weighted by molar-refractivity contribution is 0.321. The van der Waals surface area contributed by atoms with Crippen LogP contribution >= 0.6 is 15.9 Å². The highest BCUT2D eigenvalue weighted by atomic mass is 79.9. The molecule has 15 heavy (non-hydrogen) atoms. The van der Waals surface area contributed by atoms with Gasteiger partial charge in [0.1, 0.15) is 4.60 Å². The summed E-state index contributed by atoms with van der Waals surface area (Å²) in [4.78, 5) is 0. The van der Waals surface area contributed by atoms with Crippen LogP contribution in [0.25, 0.3) is 5.69 Å². The van der Waals surface area contributed by atoms with Gasteiger partial charge in [-0.2, -0.15) is 15.3 Å². The van der Waals surface area contributed by atoms with Crippen LogP contribution < -0.4 is 0 Å². The molecule has 0 atom stereocenters. The second kappa shape index (κ2) is 4.18. The van der Waals surface area contributed by atoms with E-state index in [4.69, 9.17) is 5.21 Å². The third kappa shape index (κ3) is 2.01. The Morgan fingerprint density at radius 2 is 2.33 bits per heavy atom. The normalized spacial score (nSPS) is 11.0. The molecule has 0 aliphatic carbocycles. The second-order valence-electron chi connectivity index (χ2n) is 2.65. The first-order chi connectivity index (χ1) is 7.31. The van der Waals surface area contributed by atoms with Crippen molar-refractivity contribution >= 4 is 22.1 Å². The molecule has 6 nitrogen and oxygen atoms in total. The number of aromatic nitrogens is 4. The van der Waals surface area contributed by atoms with Crippen LogP contribution in [0.15, 0.2) is 34.3 Å². The molecule has 2 aromatic heterocycles. The van der Waals surface area contributed by atoms with E-state index in [2.05, 4.69) is 36.4 Å². The molecule has 0 saturated carbocycles. The molecule has 7 heteroatoms. The van der Waals surface area contributed by atoms with E-state index in [0.29, 0.717) is 10.3 Å². The summed E-state index contributed by atoms with van der Waals surface area (Å²) in [7, 11) is 0. The first-order valence-electron chi connectivity index (χ1n) is 4.01. The SMILES string of the molecule is O/N=C/c1cc(Br)nn1-c1ccnnc1. The van der Waals surface area contributed by atoms with Crippen molar-refractivity contribution in [2.75, 3.05) is 0 Å². The fraction of sp³-hybridized carbons (Fsp3) is 0. The van der Waals surface area contributed by atoms with Crippen LogP contribution in [0, 0.1) is 0 Å². The zero-order chi connectivity index (χ0) is 10.7. The van der Waals surface area contributed by atoms with Crippen molar-refractivity contribution in [3.8, 4) is 5.69 Å². The van der Waals surface area contributed by atoms with Crippen LogP contribution in [0.2, 0.25) is 0 Å². The monoisotopic (exact) mass is 267 g/mol. The molecular weight excluding hydrogens is 262 g/mol. The highest BCUT2D eigenvalue weighted by Crippen LogP contribution is 2.13. The van der Waals surface area contributed by atoms with E-state index in [-0.39, 0.29) is 0 Å². The molecule has 2 heterocycles. The lowest BCUT2D eigenvalue weighted by Crippen LogP contribution is -2.02. The molecule has 0 bridgehead atoms. The zero-order valence-corrected chi connectivity index (χ0v) is 9.03. The molecule has 1 N–H and O–H groups in total. The molecule has 76 valence electrons. The van der Waals surface area contributed by atoms with Gasteiger partial charge in [0, 0.05) is 6.07 Å². The summed E-state index contributed by atoms with van der Waals surface area (Å²) >= 11 is 3.24. The van der Waals surface area contributed by atoms with Gasteiger partial charge in [-0.1, -0.05) is 5.16 Å². The Labute approximate surface area is 93.4 Å². The molecule has 0 amide bonds. The molecule has 0 radical (unpaired) electrons. The molecule has 2 rings (SSSR count). The van der Waals surface area contributed by atoms with Gasteiger partial charge in [0.15, 0.2) is 0 Å². The summed E-state index contributed by atoms with van der Waals surface area (Å²) in [5.74, 6) is 0. The van der Waals surface area contributed by atoms with Crippen LogP contribution in [0.5, 0.6) is 0 Å². The minimum atomic E-state index is 0.636. The number of halogens is 1. The van der Waals surface area contributed by atoms with Gasteiger partial charge in [-0.05, 0) is 22.0 Å². The van der Waals surface area contributed by atoms with Crippen molar-refractivity contribution < 1.29 is 5.21 Å². The molecule has 0 spiro atoms. The quantitative estimate of drug-likeness (QED) is 0.505.